The molecule has 1 heterocycles. The number of halogens is 4. The summed E-state index contributed by atoms with van der Waals surface area (Å²) in [5.41, 5.74) is 1.59. The number of anilines is 3. The van der Waals surface area contributed by atoms with Crippen molar-refractivity contribution < 1.29 is 13.2 Å². The minimum Gasteiger partial charge on any atom is -0.373 e. The number of nitrogens with one attached hydrogen (secondary N) is 2. The first-order valence-electron chi connectivity index (χ1n) is 5.97. The Balaban J connectivity index is 2.42. The Hall–Kier alpha value is -1.83. The van der Waals surface area contributed by atoms with E-state index in [0.717, 1.165) is 10.0 Å². The fourth-order valence-corrected chi connectivity index (χ4v) is 2.01. The molecule has 0 unspecified atom stereocenters. The van der Waals surface area contributed by atoms with Crippen LogP contribution in [0.2, 0.25) is 0 Å². The summed E-state index contributed by atoms with van der Waals surface area (Å²) in [6.07, 6.45) is -4.60. The van der Waals surface area contributed by atoms with Gasteiger partial charge >= 0.3 is 6.18 Å². The van der Waals surface area contributed by atoms with E-state index in [1.807, 2.05) is 13.0 Å². The fourth-order valence-electron chi connectivity index (χ4n) is 1.65. The minimum atomic E-state index is -4.60. The molecule has 0 fully saturated rings. The number of alkyl halides is 3. The summed E-state index contributed by atoms with van der Waals surface area (Å²) in [5.74, 6) is -1.04. The highest BCUT2D eigenvalue weighted by Crippen LogP contribution is 2.31. The second-order valence-electron chi connectivity index (χ2n) is 4.27. The van der Waals surface area contributed by atoms with E-state index in [4.69, 9.17) is 0 Å². The van der Waals surface area contributed by atoms with Crippen LogP contribution >= 0.6 is 15.9 Å². The summed E-state index contributed by atoms with van der Waals surface area (Å²) in [7, 11) is 1.49. The summed E-state index contributed by atoms with van der Waals surface area (Å²) in [6.45, 7) is 1.88. The molecular formula is C13H12BrF3N4. The van der Waals surface area contributed by atoms with Crippen LogP contribution in [0.3, 0.4) is 0 Å². The van der Waals surface area contributed by atoms with Gasteiger partial charge in [0.05, 0.1) is 5.69 Å². The normalized spacial score (nSPS) is 11.3. The molecule has 2 N–H and O–H groups in total. The third-order valence-corrected chi connectivity index (χ3v) is 3.74. The minimum absolute atomic E-state index is 0.0629. The lowest BCUT2D eigenvalue weighted by atomic mass is 10.2. The van der Waals surface area contributed by atoms with Gasteiger partial charge in [0.15, 0.2) is 0 Å². The Morgan fingerprint density at radius 1 is 1.14 bits per heavy atom. The van der Waals surface area contributed by atoms with Crippen molar-refractivity contribution in [3.8, 4) is 0 Å². The van der Waals surface area contributed by atoms with Gasteiger partial charge in [0, 0.05) is 17.6 Å². The summed E-state index contributed by atoms with van der Waals surface area (Å²) < 4.78 is 39.1. The number of aryl methyl sites for hydroxylation is 1. The SMILES string of the molecule is CNc1cc(Nc2cccc(C)c2Br)nc(C(F)(F)F)n1. The molecule has 0 saturated carbocycles. The first kappa shape index (κ1) is 15.6. The fraction of sp³-hybridized carbons (Fsp3) is 0.231. The van der Waals surface area contributed by atoms with Crippen LogP contribution in [0.15, 0.2) is 28.7 Å². The van der Waals surface area contributed by atoms with E-state index < -0.39 is 12.0 Å². The number of benzene rings is 1. The van der Waals surface area contributed by atoms with Gasteiger partial charge in [-0.15, -0.1) is 0 Å². The molecular weight excluding hydrogens is 349 g/mol. The smallest absolute Gasteiger partial charge is 0.373 e. The van der Waals surface area contributed by atoms with E-state index in [1.54, 1.807) is 12.1 Å². The van der Waals surface area contributed by atoms with Crippen LogP contribution in [0, 0.1) is 6.92 Å². The molecule has 0 amide bonds. The van der Waals surface area contributed by atoms with Crippen LogP contribution in [-0.4, -0.2) is 17.0 Å². The summed E-state index contributed by atoms with van der Waals surface area (Å²) >= 11 is 3.39. The lowest BCUT2D eigenvalue weighted by Crippen LogP contribution is -2.13. The Kier molecular flexibility index (Phi) is 4.36. The van der Waals surface area contributed by atoms with E-state index in [2.05, 4.69) is 36.5 Å². The van der Waals surface area contributed by atoms with Crippen molar-refractivity contribution >= 4 is 33.3 Å². The summed E-state index contributed by atoms with van der Waals surface area (Å²) in [4.78, 5) is 6.92. The van der Waals surface area contributed by atoms with E-state index in [-0.39, 0.29) is 11.6 Å². The van der Waals surface area contributed by atoms with Gasteiger partial charge in [-0.25, -0.2) is 9.97 Å². The maximum absolute atomic E-state index is 12.8. The van der Waals surface area contributed by atoms with Gasteiger partial charge in [-0.1, -0.05) is 12.1 Å². The van der Waals surface area contributed by atoms with Gasteiger partial charge in [-0.05, 0) is 34.5 Å². The van der Waals surface area contributed by atoms with Gasteiger partial charge in [-0.3, -0.25) is 0 Å². The molecule has 0 spiro atoms. The zero-order chi connectivity index (χ0) is 15.6. The van der Waals surface area contributed by atoms with Crippen molar-refractivity contribution in [3.05, 3.63) is 40.1 Å². The third-order valence-electron chi connectivity index (χ3n) is 2.69. The molecule has 0 saturated heterocycles. The van der Waals surface area contributed by atoms with Gasteiger partial charge in [0.1, 0.15) is 11.6 Å². The van der Waals surface area contributed by atoms with Crippen LogP contribution in [0.5, 0.6) is 0 Å². The van der Waals surface area contributed by atoms with E-state index >= 15 is 0 Å². The van der Waals surface area contributed by atoms with Gasteiger partial charge in [0.2, 0.25) is 5.82 Å². The summed E-state index contributed by atoms with van der Waals surface area (Å²) in [6, 6.07) is 6.83. The standard InChI is InChI=1S/C13H12BrF3N4/c1-7-4-3-5-8(11(7)14)19-10-6-9(18-2)20-12(21-10)13(15,16)17/h3-6H,1-2H3,(H2,18,19,20,21). The second-order valence-corrected chi connectivity index (χ2v) is 5.06. The highest BCUT2D eigenvalue weighted by atomic mass is 79.9. The third kappa shape index (κ3) is 3.63. The average Bonchev–Trinajstić information content (AvgIpc) is 2.42. The molecule has 1 aromatic carbocycles. The topological polar surface area (TPSA) is 49.8 Å². The molecule has 0 radical (unpaired) electrons. The second kappa shape index (κ2) is 5.88. The largest absolute Gasteiger partial charge is 0.451 e. The van der Waals surface area contributed by atoms with E-state index in [0.29, 0.717) is 5.69 Å². The first-order chi connectivity index (χ1) is 9.81. The molecule has 2 rings (SSSR count). The first-order valence-corrected chi connectivity index (χ1v) is 6.76. The van der Waals surface area contributed by atoms with Gasteiger partial charge in [0.25, 0.3) is 0 Å². The van der Waals surface area contributed by atoms with Crippen LogP contribution in [0.1, 0.15) is 11.4 Å². The van der Waals surface area contributed by atoms with Gasteiger partial charge in [-0.2, -0.15) is 13.2 Å². The van der Waals surface area contributed by atoms with Gasteiger partial charge < -0.3 is 10.6 Å². The number of hydrogen-bond acceptors (Lipinski definition) is 4. The Bertz CT molecular complexity index is 658. The highest BCUT2D eigenvalue weighted by Gasteiger charge is 2.35. The quantitative estimate of drug-likeness (QED) is 0.854. The maximum atomic E-state index is 12.8. The predicted molar refractivity (Wildman–Crippen MR) is 78.7 cm³/mol. The number of aromatic nitrogens is 2. The molecule has 0 bridgehead atoms. The molecule has 21 heavy (non-hydrogen) atoms. The van der Waals surface area contributed by atoms with E-state index in [1.165, 1.54) is 13.1 Å². The molecule has 0 aliphatic carbocycles. The molecule has 8 heteroatoms. The Labute approximate surface area is 127 Å². The van der Waals surface area contributed by atoms with Crippen LogP contribution in [-0.2, 0) is 6.18 Å². The maximum Gasteiger partial charge on any atom is 0.451 e. The van der Waals surface area contributed by atoms with Crippen molar-refractivity contribution in [2.45, 2.75) is 13.1 Å². The van der Waals surface area contributed by atoms with Crippen molar-refractivity contribution in [1.29, 1.82) is 0 Å². The molecule has 0 aliphatic heterocycles. The molecule has 0 atom stereocenters. The van der Waals surface area contributed by atoms with Crippen molar-refractivity contribution in [3.63, 3.8) is 0 Å². The molecule has 1 aromatic heterocycles. The number of hydrogen-bond donors (Lipinski definition) is 2. The number of rotatable bonds is 3. The van der Waals surface area contributed by atoms with Crippen molar-refractivity contribution in [1.82, 2.24) is 9.97 Å². The zero-order valence-electron chi connectivity index (χ0n) is 11.2. The summed E-state index contributed by atoms with van der Waals surface area (Å²) in [5, 5.41) is 5.45. The molecule has 2 aromatic rings. The molecule has 112 valence electrons. The van der Waals surface area contributed by atoms with Crippen LogP contribution < -0.4 is 10.6 Å². The molecule has 0 aliphatic rings. The average molecular weight is 361 g/mol. The Morgan fingerprint density at radius 3 is 2.43 bits per heavy atom. The van der Waals surface area contributed by atoms with Crippen molar-refractivity contribution in [2.75, 3.05) is 17.7 Å². The van der Waals surface area contributed by atoms with Crippen LogP contribution in [0.4, 0.5) is 30.5 Å². The lowest BCUT2D eigenvalue weighted by Gasteiger charge is -2.13. The lowest BCUT2D eigenvalue weighted by molar-refractivity contribution is -0.144. The highest BCUT2D eigenvalue weighted by molar-refractivity contribution is 9.10. The zero-order valence-corrected chi connectivity index (χ0v) is 12.8. The molecule has 4 nitrogen and oxygen atoms in total. The van der Waals surface area contributed by atoms with Crippen LogP contribution in [0.25, 0.3) is 0 Å². The monoisotopic (exact) mass is 360 g/mol. The van der Waals surface area contributed by atoms with Crippen molar-refractivity contribution in [2.24, 2.45) is 0 Å². The predicted octanol–water partition coefficient (Wildman–Crippen LogP) is 4.35. The number of nitrogens with zero attached hydrogens (tertiary/aromatic N) is 2. The Morgan fingerprint density at radius 2 is 1.81 bits per heavy atom. The van der Waals surface area contributed by atoms with E-state index in [9.17, 15) is 13.2 Å².